The SMILES string of the molecule is CC(C)S(=O)(=O)Nc1cccc(-c2ccc3c(N4CCOC[C@@H]4C)nc(N4CCOC[C@@H]4C)nc3n2)c1.C[C@H]1COCCN1c1nc(N2CCOC[C@@H]2C)c2ccc(-c3cccc(N)c3)nc2n1. The smallest absolute Gasteiger partial charge is 0.235 e. The van der Waals surface area contributed by atoms with Crippen molar-refractivity contribution in [3.05, 3.63) is 72.8 Å². The van der Waals surface area contributed by atoms with E-state index in [1.165, 1.54) is 0 Å². The zero-order valence-corrected chi connectivity index (χ0v) is 40.5. The van der Waals surface area contributed by atoms with Crippen LogP contribution in [0.25, 0.3) is 44.6 Å². The molecule has 68 heavy (non-hydrogen) atoms. The summed E-state index contributed by atoms with van der Waals surface area (Å²) in [5.41, 5.74) is 11.8. The molecule has 0 radical (unpaired) electrons. The number of nitrogens with two attached hydrogens (primary N) is 1. The van der Waals surface area contributed by atoms with Crippen molar-refractivity contribution in [1.82, 2.24) is 29.9 Å². The summed E-state index contributed by atoms with van der Waals surface area (Å²) in [7, 11) is -3.45. The molecular weight excluding hydrogens is 885 g/mol. The minimum atomic E-state index is -3.45. The molecule has 4 fully saturated rings. The number of ether oxygens (including phenoxy) is 4. The van der Waals surface area contributed by atoms with Crippen molar-refractivity contribution in [2.45, 2.75) is 71.0 Å². The molecule has 6 aromatic rings. The zero-order valence-electron chi connectivity index (χ0n) is 39.7. The summed E-state index contributed by atoms with van der Waals surface area (Å²) >= 11 is 0. The van der Waals surface area contributed by atoms with Gasteiger partial charge in [-0.25, -0.2) is 18.4 Å². The van der Waals surface area contributed by atoms with Gasteiger partial charge in [-0.05, 0) is 90.1 Å². The highest BCUT2D eigenvalue weighted by Crippen LogP contribution is 2.34. The lowest BCUT2D eigenvalue weighted by Crippen LogP contribution is -2.46. The first-order valence-corrected chi connectivity index (χ1v) is 25.1. The normalized spacial score (nSPS) is 21.5. The Labute approximate surface area is 398 Å². The summed E-state index contributed by atoms with van der Waals surface area (Å²) in [5.74, 6) is 3.11. The topological polar surface area (TPSA) is 199 Å². The molecule has 0 aliphatic carbocycles. The summed E-state index contributed by atoms with van der Waals surface area (Å²) in [4.78, 5) is 38.7. The molecule has 4 aliphatic rings. The number of hydrogen-bond donors (Lipinski definition) is 2. The predicted molar refractivity (Wildman–Crippen MR) is 268 cm³/mol. The molecule has 4 aliphatic heterocycles. The number of sulfonamides is 1. The fraction of sp³-hybridized carbons (Fsp3) is 0.469. The second-order valence-electron chi connectivity index (χ2n) is 18.2. The standard InChI is InChI=1S/C26H34N6O4S.C23H28N6O2/c1-17(2)37(33,34)30-21-7-5-6-20(14-21)23-9-8-22-24(27-23)28-26(32-11-13-36-16-19(32)4)29-25(22)31-10-12-35-15-18(31)3;1-15-13-30-10-8-28(15)22-19-6-7-20(17-4-3-5-18(24)12-17)25-21(19)26-23(27-22)29-9-11-31-14-16(29)2/h5-9,14,17-19,30H,10-13,15-16H2,1-4H3;3-7,12,15-16H,8-11,13-14,24H2,1-2H3/t18-,19-;15-,16-/m00/s1. The lowest BCUT2D eigenvalue weighted by Gasteiger charge is -2.37. The van der Waals surface area contributed by atoms with E-state index >= 15 is 0 Å². The molecule has 4 aromatic heterocycles. The van der Waals surface area contributed by atoms with Gasteiger partial charge in [0.2, 0.25) is 21.9 Å². The number of rotatable bonds is 9. The number of benzene rings is 2. The molecule has 19 heteroatoms. The van der Waals surface area contributed by atoms with Gasteiger partial charge in [0.1, 0.15) is 11.6 Å². The van der Waals surface area contributed by atoms with Gasteiger partial charge < -0.3 is 44.3 Å². The molecule has 0 saturated carbocycles. The van der Waals surface area contributed by atoms with Crippen molar-refractivity contribution in [3.8, 4) is 22.5 Å². The number of nitrogen functional groups attached to an aromatic ring is 1. The van der Waals surface area contributed by atoms with E-state index in [0.29, 0.717) is 99.7 Å². The van der Waals surface area contributed by atoms with E-state index in [9.17, 15) is 8.42 Å². The predicted octanol–water partition coefficient (Wildman–Crippen LogP) is 6.02. The highest BCUT2D eigenvalue weighted by atomic mass is 32.2. The van der Waals surface area contributed by atoms with Gasteiger partial charge >= 0.3 is 0 Å². The van der Waals surface area contributed by atoms with Gasteiger partial charge in [-0.15, -0.1) is 0 Å². The van der Waals surface area contributed by atoms with Gasteiger partial charge in [0.05, 0.1) is 104 Å². The molecule has 0 spiro atoms. The minimum Gasteiger partial charge on any atom is -0.399 e. The van der Waals surface area contributed by atoms with Crippen LogP contribution >= 0.6 is 0 Å². The zero-order chi connectivity index (χ0) is 47.5. The van der Waals surface area contributed by atoms with Crippen molar-refractivity contribution in [2.75, 3.05) is 109 Å². The van der Waals surface area contributed by atoms with Crippen molar-refractivity contribution in [1.29, 1.82) is 0 Å². The maximum atomic E-state index is 12.4. The molecule has 0 amide bonds. The number of aromatic nitrogens is 6. The number of pyridine rings is 2. The molecule has 10 rings (SSSR count). The Bertz CT molecular complexity index is 2860. The molecule has 360 valence electrons. The van der Waals surface area contributed by atoms with Crippen molar-refractivity contribution in [3.63, 3.8) is 0 Å². The van der Waals surface area contributed by atoms with Crippen LogP contribution in [0.5, 0.6) is 0 Å². The van der Waals surface area contributed by atoms with Gasteiger partial charge in [-0.1, -0.05) is 24.3 Å². The Kier molecular flexibility index (Phi) is 14.1. The minimum absolute atomic E-state index is 0.148. The van der Waals surface area contributed by atoms with Gasteiger partial charge in [-0.3, -0.25) is 4.72 Å². The highest BCUT2D eigenvalue weighted by Gasteiger charge is 2.30. The average Bonchev–Trinajstić information content (AvgIpc) is 3.34. The Hall–Kier alpha value is -5.99. The van der Waals surface area contributed by atoms with Crippen LogP contribution in [-0.2, 0) is 29.0 Å². The molecule has 4 atom stereocenters. The van der Waals surface area contributed by atoms with Crippen molar-refractivity contribution < 1.29 is 27.4 Å². The fourth-order valence-electron chi connectivity index (χ4n) is 8.84. The average molecular weight is 947 g/mol. The fourth-order valence-corrected chi connectivity index (χ4v) is 9.53. The van der Waals surface area contributed by atoms with Crippen molar-refractivity contribution in [2.24, 2.45) is 0 Å². The van der Waals surface area contributed by atoms with E-state index in [-0.39, 0.29) is 24.2 Å². The van der Waals surface area contributed by atoms with Gasteiger partial charge in [0.15, 0.2) is 11.3 Å². The molecule has 0 unspecified atom stereocenters. The van der Waals surface area contributed by atoms with E-state index in [0.717, 1.165) is 58.9 Å². The van der Waals surface area contributed by atoms with Gasteiger partial charge in [0.25, 0.3) is 0 Å². The Morgan fingerprint density at radius 1 is 0.559 bits per heavy atom. The van der Waals surface area contributed by atoms with Crippen LogP contribution in [0, 0.1) is 0 Å². The van der Waals surface area contributed by atoms with Crippen LogP contribution in [0.4, 0.5) is 34.9 Å². The van der Waals surface area contributed by atoms with Crippen LogP contribution in [-0.4, -0.2) is 147 Å². The maximum Gasteiger partial charge on any atom is 0.235 e. The van der Waals surface area contributed by atoms with Gasteiger partial charge in [0, 0.05) is 48.7 Å². The van der Waals surface area contributed by atoms with E-state index in [1.807, 2.05) is 54.6 Å². The molecule has 3 N–H and O–H groups in total. The molecule has 18 nitrogen and oxygen atoms in total. The maximum absolute atomic E-state index is 12.4. The van der Waals surface area contributed by atoms with Crippen LogP contribution < -0.4 is 30.1 Å². The molecule has 2 aromatic carbocycles. The van der Waals surface area contributed by atoms with E-state index < -0.39 is 15.3 Å². The van der Waals surface area contributed by atoms with E-state index in [2.05, 4.69) is 58.1 Å². The van der Waals surface area contributed by atoms with Crippen molar-refractivity contribution >= 4 is 67.0 Å². The molecule has 0 bridgehead atoms. The van der Waals surface area contributed by atoms with E-state index in [1.54, 1.807) is 26.0 Å². The Balaban J connectivity index is 0.000000172. The highest BCUT2D eigenvalue weighted by molar-refractivity contribution is 7.93. The third-order valence-corrected chi connectivity index (χ3v) is 14.6. The second kappa shape index (κ2) is 20.3. The largest absolute Gasteiger partial charge is 0.399 e. The van der Waals surface area contributed by atoms with Crippen LogP contribution in [0.3, 0.4) is 0 Å². The summed E-state index contributed by atoms with van der Waals surface area (Å²) in [6.45, 7) is 20.1. The van der Waals surface area contributed by atoms with Crippen LogP contribution in [0.1, 0.15) is 41.5 Å². The summed E-state index contributed by atoms with van der Waals surface area (Å²) < 4.78 is 50.0. The number of nitrogens with zero attached hydrogens (tertiary/aromatic N) is 10. The molecule has 8 heterocycles. The lowest BCUT2D eigenvalue weighted by atomic mass is 10.1. The first-order chi connectivity index (χ1) is 32.8. The van der Waals surface area contributed by atoms with E-state index in [4.69, 9.17) is 54.6 Å². The van der Waals surface area contributed by atoms with Gasteiger partial charge in [-0.2, -0.15) is 19.9 Å². The molecular formula is C49H62N12O6S. The summed E-state index contributed by atoms with van der Waals surface area (Å²) in [5, 5.41) is 1.29. The third-order valence-electron chi connectivity index (χ3n) is 12.8. The first-order valence-electron chi connectivity index (χ1n) is 23.6. The quantitative estimate of drug-likeness (QED) is 0.159. The lowest BCUT2D eigenvalue weighted by molar-refractivity contribution is 0.0972. The Morgan fingerprint density at radius 2 is 0.985 bits per heavy atom. The third kappa shape index (κ3) is 10.2. The number of hydrogen-bond acceptors (Lipinski definition) is 17. The summed E-state index contributed by atoms with van der Waals surface area (Å²) in [6.07, 6.45) is 0. The number of fused-ring (bicyclic) bond motifs is 2. The number of anilines is 6. The molecule has 4 saturated heterocycles. The van der Waals surface area contributed by atoms with Crippen LogP contribution in [0.15, 0.2) is 72.8 Å². The Morgan fingerprint density at radius 3 is 1.41 bits per heavy atom. The van der Waals surface area contributed by atoms with Crippen LogP contribution in [0.2, 0.25) is 0 Å². The number of morpholine rings is 4. The number of nitrogens with one attached hydrogen (secondary N) is 1. The second-order valence-corrected chi connectivity index (χ2v) is 20.4. The monoisotopic (exact) mass is 946 g/mol. The summed E-state index contributed by atoms with van der Waals surface area (Å²) in [6, 6.07) is 23.8. The first kappa shape index (κ1) is 47.1.